The Morgan fingerprint density at radius 2 is 1.66 bits per heavy atom. The first kappa shape index (κ1) is 27.8. The topological polar surface area (TPSA) is 116 Å². The van der Waals surface area contributed by atoms with Crippen LogP contribution in [0.5, 0.6) is 0 Å². The van der Waals surface area contributed by atoms with E-state index in [1.807, 2.05) is 30.5 Å². The van der Waals surface area contributed by atoms with E-state index in [0.717, 1.165) is 30.8 Å². The van der Waals surface area contributed by atoms with Gasteiger partial charge in [0.05, 0.1) is 11.1 Å². The molecule has 5 rings (SSSR count). The number of para-hydroxylation sites is 2. The lowest BCUT2D eigenvalue weighted by Gasteiger charge is -2.13. The number of amides is 2. The van der Waals surface area contributed by atoms with E-state index in [1.54, 1.807) is 24.3 Å². The van der Waals surface area contributed by atoms with Gasteiger partial charge in [-0.25, -0.2) is 8.36 Å². The van der Waals surface area contributed by atoms with Crippen LogP contribution in [0, 0.1) is 5.82 Å². The van der Waals surface area contributed by atoms with Gasteiger partial charge in [-0.2, -0.15) is 12.7 Å². The van der Waals surface area contributed by atoms with Gasteiger partial charge in [-0.3, -0.25) is 9.59 Å². The second kappa shape index (κ2) is 11.4. The number of fused-ring (bicyclic) bond motifs is 2. The van der Waals surface area contributed by atoms with E-state index in [0.29, 0.717) is 22.9 Å². The van der Waals surface area contributed by atoms with Gasteiger partial charge in [0.25, 0.3) is 11.8 Å². The molecule has 0 saturated carbocycles. The van der Waals surface area contributed by atoms with Crippen molar-refractivity contribution in [2.75, 3.05) is 20.6 Å². The number of H-pyrrole nitrogens is 1. The number of hydrogen-bond acceptors (Lipinski definition) is 4. The van der Waals surface area contributed by atoms with Gasteiger partial charge in [0.15, 0.2) is 0 Å². The number of aromatic nitrogens is 2. The summed E-state index contributed by atoms with van der Waals surface area (Å²) in [6.07, 6.45) is 5.18. The monoisotopic (exact) mass is 573 g/mol. The minimum atomic E-state index is -3.89. The van der Waals surface area contributed by atoms with Crippen LogP contribution in [0.25, 0.3) is 27.9 Å². The van der Waals surface area contributed by atoms with Gasteiger partial charge in [-0.05, 0) is 42.3 Å². The zero-order valence-electron chi connectivity index (χ0n) is 22.4. The van der Waals surface area contributed by atoms with Crippen LogP contribution in [-0.4, -0.2) is 54.1 Å². The average Bonchev–Trinajstić information content (AvgIpc) is 3.55. The van der Waals surface area contributed by atoms with E-state index < -0.39 is 27.8 Å². The van der Waals surface area contributed by atoms with E-state index in [1.165, 1.54) is 44.6 Å². The molecule has 0 aliphatic rings. The van der Waals surface area contributed by atoms with Gasteiger partial charge in [0.2, 0.25) is 0 Å². The van der Waals surface area contributed by atoms with Gasteiger partial charge in [-0.1, -0.05) is 48.5 Å². The third-order valence-electron chi connectivity index (χ3n) is 6.68. The predicted molar refractivity (Wildman–Crippen MR) is 157 cm³/mol. The Morgan fingerprint density at radius 1 is 0.976 bits per heavy atom. The Balaban J connectivity index is 1.49. The highest BCUT2D eigenvalue weighted by molar-refractivity contribution is 7.87. The Labute approximate surface area is 236 Å². The molecule has 0 bridgehead atoms. The molecule has 0 atom stereocenters. The zero-order chi connectivity index (χ0) is 29.1. The molecule has 0 spiro atoms. The minimum absolute atomic E-state index is 0.165. The van der Waals surface area contributed by atoms with Crippen LogP contribution in [0.1, 0.15) is 21.5 Å². The standard InChI is InChI=1S/C30H28FN5O4S/c1-35(2)41(39,40)36-19-21(23-10-5-8-14-28(23)36)17-27(34-29(37)24-11-3-6-12-25(24)31)30(38)32-16-15-20-18-33-26-13-7-4-9-22(20)26/h3-14,17-19,33H,15-16H2,1-2H3,(H,32,38)(H,34,37). The quantitative estimate of drug-likeness (QED) is 0.231. The summed E-state index contributed by atoms with van der Waals surface area (Å²) in [5.74, 6) is -2.16. The van der Waals surface area contributed by atoms with Crippen molar-refractivity contribution in [3.63, 3.8) is 0 Å². The number of carbonyl (C=O) groups is 2. The van der Waals surface area contributed by atoms with Crippen molar-refractivity contribution in [2.24, 2.45) is 0 Å². The normalized spacial score (nSPS) is 12.2. The molecule has 0 fully saturated rings. The Kier molecular flexibility index (Phi) is 7.73. The first-order chi connectivity index (χ1) is 19.7. The Bertz CT molecular complexity index is 1910. The molecule has 0 aliphatic carbocycles. The van der Waals surface area contributed by atoms with E-state index in [4.69, 9.17) is 0 Å². The van der Waals surface area contributed by atoms with Crippen molar-refractivity contribution in [3.05, 3.63) is 113 Å². The summed E-state index contributed by atoms with van der Waals surface area (Å²) in [5, 5.41) is 6.93. The number of nitrogens with one attached hydrogen (secondary N) is 3. The fourth-order valence-electron chi connectivity index (χ4n) is 4.55. The van der Waals surface area contributed by atoms with Crippen molar-refractivity contribution in [3.8, 4) is 0 Å². The van der Waals surface area contributed by atoms with E-state index in [-0.39, 0.29) is 17.8 Å². The van der Waals surface area contributed by atoms with Crippen molar-refractivity contribution in [1.29, 1.82) is 0 Å². The molecule has 5 aromatic rings. The number of rotatable bonds is 9. The molecule has 0 aliphatic heterocycles. The molecule has 2 aromatic heterocycles. The third-order valence-corrected chi connectivity index (χ3v) is 8.41. The largest absolute Gasteiger partial charge is 0.361 e. The van der Waals surface area contributed by atoms with Crippen molar-refractivity contribution in [1.82, 2.24) is 23.9 Å². The van der Waals surface area contributed by atoms with Crippen LogP contribution in [0.2, 0.25) is 0 Å². The summed E-state index contributed by atoms with van der Waals surface area (Å²) >= 11 is 0. The van der Waals surface area contributed by atoms with Crippen molar-refractivity contribution >= 4 is 49.9 Å². The molecule has 41 heavy (non-hydrogen) atoms. The lowest BCUT2D eigenvalue weighted by Crippen LogP contribution is -2.36. The first-order valence-corrected chi connectivity index (χ1v) is 14.2. The van der Waals surface area contributed by atoms with Crippen LogP contribution in [-0.2, 0) is 21.4 Å². The van der Waals surface area contributed by atoms with Crippen LogP contribution >= 0.6 is 0 Å². The lowest BCUT2D eigenvalue weighted by molar-refractivity contribution is -0.117. The van der Waals surface area contributed by atoms with Crippen LogP contribution in [0.3, 0.4) is 0 Å². The predicted octanol–water partition coefficient (Wildman–Crippen LogP) is 4.05. The van der Waals surface area contributed by atoms with Crippen molar-refractivity contribution < 1.29 is 22.4 Å². The maximum absolute atomic E-state index is 14.4. The maximum atomic E-state index is 14.4. The average molecular weight is 574 g/mol. The van der Waals surface area contributed by atoms with Gasteiger partial charge in [-0.15, -0.1) is 0 Å². The molecule has 3 aromatic carbocycles. The Morgan fingerprint density at radius 3 is 2.41 bits per heavy atom. The van der Waals surface area contributed by atoms with Gasteiger partial charge >= 0.3 is 10.2 Å². The van der Waals surface area contributed by atoms with Gasteiger partial charge in [0.1, 0.15) is 11.5 Å². The molecule has 210 valence electrons. The van der Waals surface area contributed by atoms with Gasteiger partial charge in [0, 0.05) is 54.9 Å². The summed E-state index contributed by atoms with van der Waals surface area (Å²) in [6, 6.07) is 20.1. The van der Waals surface area contributed by atoms with Gasteiger partial charge < -0.3 is 15.6 Å². The summed E-state index contributed by atoms with van der Waals surface area (Å²) in [7, 11) is -1.05. The molecule has 0 saturated heterocycles. The second-order valence-electron chi connectivity index (χ2n) is 9.54. The van der Waals surface area contributed by atoms with E-state index in [9.17, 15) is 22.4 Å². The fraction of sp³-hybridized carbons (Fsp3) is 0.133. The summed E-state index contributed by atoms with van der Waals surface area (Å²) in [4.78, 5) is 29.6. The summed E-state index contributed by atoms with van der Waals surface area (Å²) < 4.78 is 42.6. The van der Waals surface area contributed by atoms with E-state index in [2.05, 4.69) is 15.6 Å². The van der Waals surface area contributed by atoms with E-state index >= 15 is 0 Å². The summed E-state index contributed by atoms with van der Waals surface area (Å²) in [6.45, 7) is 0.254. The molecule has 0 radical (unpaired) electrons. The Hall–Kier alpha value is -4.74. The highest BCUT2D eigenvalue weighted by Crippen LogP contribution is 2.26. The molecule has 11 heteroatoms. The SMILES string of the molecule is CN(C)S(=O)(=O)n1cc(C=C(NC(=O)c2ccccc2F)C(=O)NCCc2c[nH]c3ccccc23)c2ccccc21. The zero-order valence-corrected chi connectivity index (χ0v) is 23.2. The smallest absolute Gasteiger partial charge is 0.307 e. The number of halogens is 1. The van der Waals surface area contributed by atoms with Crippen LogP contribution in [0.15, 0.2) is 90.9 Å². The third kappa shape index (κ3) is 5.63. The van der Waals surface area contributed by atoms with Crippen molar-refractivity contribution in [2.45, 2.75) is 6.42 Å². The number of nitrogens with zero attached hydrogens (tertiary/aromatic N) is 2. The minimum Gasteiger partial charge on any atom is -0.361 e. The maximum Gasteiger partial charge on any atom is 0.307 e. The first-order valence-electron chi connectivity index (χ1n) is 12.8. The number of benzene rings is 3. The fourth-order valence-corrected chi connectivity index (χ4v) is 5.56. The lowest BCUT2D eigenvalue weighted by atomic mass is 10.1. The summed E-state index contributed by atoms with van der Waals surface area (Å²) in [5.41, 5.74) is 2.37. The highest BCUT2D eigenvalue weighted by Gasteiger charge is 2.22. The molecule has 3 N–H and O–H groups in total. The molecular weight excluding hydrogens is 545 g/mol. The molecule has 9 nitrogen and oxygen atoms in total. The van der Waals surface area contributed by atoms with Crippen LogP contribution < -0.4 is 10.6 Å². The molecule has 2 heterocycles. The highest BCUT2D eigenvalue weighted by atomic mass is 32.2. The number of carbonyl (C=O) groups excluding carboxylic acids is 2. The second-order valence-corrected chi connectivity index (χ2v) is 11.6. The number of aromatic amines is 1. The molecule has 0 unspecified atom stereocenters. The molecular formula is C30H28FN5O4S. The molecule has 2 amide bonds. The number of hydrogen-bond donors (Lipinski definition) is 3. The van der Waals surface area contributed by atoms with Crippen LogP contribution in [0.4, 0.5) is 4.39 Å².